The van der Waals surface area contributed by atoms with Gasteiger partial charge in [0.15, 0.2) is 0 Å². The molecule has 0 spiro atoms. The molecule has 1 aromatic heterocycles. The molecule has 0 saturated carbocycles. The maximum absolute atomic E-state index is 12.8. The van der Waals surface area contributed by atoms with Crippen molar-refractivity contribution in [2.24, 2.45) is 17.8 Å². The van der Waals surface area contributed by atoms with Gasteiger partial charge in [-0.05, 0) is 24.3 Å². The minimum absolute atomic E-state index is 0.267. The topological polar surface area (TPSA) is 86.7 Å². The van der Waals surface area contributed by atoms with E-state index in [4.69, 9.17) is 0 Å². The van der Waals surface area contributed by atoms with Crippen LogP contribution in [-0.4, -0.2) is 39.9 Å². The van der Waals surface area contributed by atoms with Gasteiger partial charge in [-0.2, -0.15) is 0 Å². The maximum atomic E-state index is 12.8. The number of aliphatic carboxylic acids is 1. The number of nitrogens with zero attached hydrogens (tertiary/aromatic N) is 1. The molecule has 1 aromatic rings. The van der Waals surface area contributed by atoms with Crippen molar-refractivity contribution in [3.8, 4) is 0 Å². The second-order valence-corrected chi connectivity index (χ2v) is 7.37. The highest BCUT2D eigenvalue weighted by Gasteiger charge is 2.69. The van der Waals surface area contributed by atoms with Crippen molar-refractivity contribution in [3.05, 3.63) is 22.4 Å². The Balaban J connectivity index is 2.17. The van der Waals surface area contributed by atoms with Crippen LogP contribution in [0.5, 0.6) is 0 Å². The summed E-state index contributed by atoms with van der Waals surface area (Å²) in [7, 11) is 0. The van der Waals surface area contributed by atoms with Gasteiger partial charge in [-0.3, -0.25) is 24.6 Å². The third-order valence-corrected chi connectivity index (χ3v) is 6.07. The molecule has 2 N–H and O–H groups in total. The van der Waals surface area contributed by atoms with Gasteiger partial charge in [-0.1, -0.05) is 19.9 Å². The monoisotopic (exact) mass is 336 g/mol. The predicted molar refractivity (Wildman–Crippen MR) is 84.8 cm³/mol. The summed E-state index contributed by atoms with van der Waals surface area (Å²) in [5, 5.41) is 15.0. The van der Waals surface area contributed by atoms with Crippen molar-refractivity contribution in [1.29, 1.82) is 0 Å². The second-order valence-electron chi connectivity index (χ2n) is 6.39. The van der Waals surface area contributed by atoms with E-state index in [1.807, 2.05) is 17.5 Å². The quantitative estimate of drug-likeness (QED) is 0.814. The van der Waals surface area contributed by atoms with Gasteiger partial charge in [0.1, 0.15) is 5.54 Å². The average Bonchev–Trinajstić information content (AvgIpc) is 3.17. The van der Waals surface area contributed by atoms with E-state index in [2.05, 4.69) is 5.32 Å². The third kappa shape index (κ3) is 1.99. The molecule has 2 fully saturated rings. The molecule has 2 saturated heterocycles. The number of carbonyl (C=O) groups excluding carboxylic acids is 2. The van der Waals surface area contributed by atoms with Gasteiger partial charge in [-0.25, -0.2) is 0 Å². The summed E-state index contributed by atoms with van der Waals surface area (Å²) in [6.07, 6.45) is 0. The molecular weight excluding hydrogens is 316 g/mol. The highest BCUT2D eigenvalue weighted by molar-refractivity contribution is 7.10. The van der Waals surface area contributed by atoms with Crippen LogP contribution in [0.2, 0.25) is 0 Å². The first-order valence-corrected chi connectivity index (χ1v) is 8.63. The van der Waals surface area contributed by atoms with Crippen LogP contribution in [0.3, 0.4) is 0 Å². The molecule has 0 bridgehead atoms. The number of carboxylic acids is 1. The van der Waals surface area contributed by atoms with Crippen LogP contribution >= 0.6 is 11.3 Å². The first kappa shape index (κ1) is 16.1. The van der Waals surface area contributed by atoms with E-state index in [9.17, 15) is 19.5 Å². The normalized spacial score (nSPS) is 33.6. The van der Waals surface area contributed by atoms with E-state index in [0.29, 0.717) is 0 Å². The largest absolute Gasteiger partial charge is 0.480 e. The summed E-state index contributed by atoms with van der Waals surface area (Å²) in [4.78, 5) is 39.7. The molecule has 124 valence electrons. The SMILES string of the molecule is CCN1C(=O)C2C(c3cccs3)NC(C(=O)O)(C(C)C)C2C1=O. The summed E-state index contributed by atoms with van der Waals surface area (Å²) in [5.41, 5.74) is -1.42. The summed E-state index contributed by atoms with van der Waals surface area (Å²) in [5.74, 6) is -3.55. The lowest BCUT2D eigenvalue weighted by Crippen LogP contribution is -2.59. The molecule has 0 radical (unpaired) electrons. The Morgan fingerprint density at radius 2 is 2.13 bits per heavy atom. The minimum Gasteiger partial charge on any atom is -0.480 e. The summed E-state index contributed by atoms with van der Waals surface area (Å²) < 4.78 is 0. The van der Waals surface area contributed by atoms with Gasteiger partial charge in [0.25, 0.3) is 0 Å². The van der Waals surface area contributed by atoms with Gasteiger partial charge >= 0.3 is 5.97 Å². The van der Waals surface area contributed by atoms with Crippen LogP contribution in [0, 0.1) is 17.8 Å². The average molecular weight is 336 g/mol. The van der Waals surface area contributed by atoms with Crippen LogP contribution in [0.1, 0.15) is 31.7 Å². The number of carboxylic acid groups (broad SMARTS) is 1. The highest BCUT2D eigenvalue weighted by atomic mass is 32.1. The number of fused-ring (bicyclic) bond motifs is 1. The lowest BCUT2D eigenvalue weighted by molar-refractivity contribution is -0.153. The number of carbonyl (C=O) groups is 3. The van der Waals surface area contributed by atoms with Crippen molar-refractivity contribution in [2.75, 3.05) is 6.54 Å². The summed E-state index contributed by atoms with van der Waals surface area (Å²) >= 11 is 1.47. The number of rotatable bonds is 4. The molecule has 23 heavy (non-hydrogen) atoms. The number of imide groups is 1. The molecular formula is C16H20N2O4S. The van der Waals surface area contributed by atoms with Crippen molar-refractivity contribution >= 4 is 29.1 Å². The molecule has 4 atom stereocenters. The molecule has 7 heteroatoms. The Bertz CT molecular complexity index is 657. The van der Waals surface area contributed by atoms with Gasteiger partial charge < -0.3 is 5.11 Å². The molecule has 4 unspecified atom stereocenters. The second kappa shape index (κ2) is 5.42. The number of hydrogen-bond acceptors (Lipinski definition) is 5. The Morgan fingerprint density at radius 3 is 2.61 bits per heavy atom. The van der Waals surface area contributed by atoms with Gasteiger partial charge in [0.2, 0.25) is 11.8 Å². The van der Waals surface area contributed by atoms with Crippen molar-refractivity contribution in [3.63, 3.8) is 0 Å². The van der Waals surface area contributed by atoms with E-state index >= 15 is 0 Å². The van der Waals surface area contributed by atoms with E-state index in [0.717, 1.165) is 4.88 Å². The molecule has 3 heterocycles. The fourth-order valence-electron chi connectivity index (χ4n) is 4.00. The molecule has 6 nitrogen and oxygen atoms in total. The number of likely N-dealkylation sites (tertiary alicyclic amines) is 1. The third-order valence-electron chi connectivity index (χ3n) is 5.12. The lowest BCUT2D eigenvalue weighted by Gasteiger charge is -2.34. The van der Waals surface area contributed by atoms with Crippen LogP contribution in [0.4, 0.5) is 0 Å². The maximum Gasteiger partial charge on any atom is 0.325 e. The Hall–Kier alpha value is -1.73. The predicted octanol–water partition coefficient (Wildman–Crippen LogP) is 1.49. The Kier molecular flexibility index (Phi) is 3.80. The van der Waals surface area contributed by atoms with Crippen molar-refractivity contribution < 1.29 is 19.5 Å². The zero-order valence-electron chi connectivity index (χ0n) is 13.3. The van der Waals surface area contributed by atoms with E-state index < -0.39 is 29.4 Å². The Morgan fingerprint density at radius 1 is 1.43 bits per heavy atom. The van der Waals surface area contributed by atoms with Crippen LogP contribution in [0.25, 0.3) is 0 Å². The minimum atomic E-state index is -1.42. The molecule has 3 rings (SSSR count). The number of thiophene rings is 1. The molecule has 2 aliphatic heterocycles. The van der Waals surface area contributed by atoms with Gasteiger partial charge in [-0.15, -0.1) is 11.3 Å². The highest BCUT2D eigenvalue weighted by Crippen LogP contribution is 2.51. The van der Waals surface area contributed by atoms with Crippen LogP contribution in [-0.2, 0) is 14.4 Å². The number of amides is 2. The van der Waals surface area contributed by atoms with Gasteiger partial charge in [0, 0.05) is 11.4 Å². The van der Waals surface area contributed by atoms with Gasteiger partial charge in [0.05, 0.1) is 17.9 Å². The first-order valence-electron chi connectivity index (χ1n) is 7.76. The zero-order valence-corrected chi connectivity index (χ0v) is 14.1. The lowest BCUT2D eigenvalue weighted by atomic mass is 9.73. The van der Waals surface area contributed by atoms with Crippen LogP contribution < -0.4 is 5.32 Å². The number of hydrogen-bond donors (Lipinski definition) is 2. The van der Waals surface area contributed by atoms with Crippen molar-refractivity contribution in [2.45, 2.75) is 32.4 Å². The first-order chi connectivity index (χ1) is 10.9. The fraction of sp³-hybridized carbons (Fsp3) is 0.562. The van der Waals surface area contributed by atoms with E-state index in [1.165, 1.54) is 16.2 Å². The van der Waals surface area contributed by atoms with Crippen LogP contribution in [0.15, 0.2) is 17.5 Å². The smallest absolute Gasteiger partial charge is 0.325 e. The standard InChI is InChI=1S/C16H20N2O4S/c1-4-18-13(19)10-11(14(18)20)16(8(2)3,15(21)22)17-12(10)9-6-5-7-23-9/h5-8,10-12,17H,4H2,1-3H3,(H,21,22). The fourth-order valence-corrected chi connectivity index (χ4v) is 4.82. The van der Waals surface area contributed by atoms with Crippen molar-refractivity contribution in [1.82, 2.24) is 10.2 Å². The molecule has 2 amide bonds. The number of nitrogens with one attached hydrogen (secondary N) is 1. The summed E-state index contributed by atoms with van der Waals surface area (Å²) in [6.45, 7) is 5.57. The zero-order chi connectivity index (χ0) is 16.9. The molecule has 2 aliphatic rings. The van der Waals surface area contributed by atoms with E-state index in [1.54, 1.807) is 20.8 Å². The molecule has 0 aliphatic carbocycles. The summed E-state index contributed by atoms with van der Waals surface area (Å²) in [6, 6.07) is 3.31. The Labute approximate surface area is 138 Å². The van der Waals surface area contributed by atoms with E-state index in [-0.39, 0.29) is 24.3 Å². The molecule has 0 aromatic carbocycles.